The van der Waals surface area contributed by atoms with E-state index in [9.17, 15) is 14.4 Å². The number of ether oxygens (including phenoxy) is 5. The van der Waals surface area contributed by atoms with E-state index in [0.717, 1.165) is 5.57 Å². The Morgan fingerprint density at radius 1 is 1.10 bits per heavy atom. The lowest BCUT2D eigenvalue weighted by molar-refractivity contribution is -0.186. The standard InChI is InChI=1S/C22H30O8/c1-12(2)6-18(24)29-17-8-16-15(9-26-14(5)23)10-27-21(20(16)22(17)11-28-22)30-19(25)7-13(3)4/h8,10,12-13,17,20-21H,6-7,9,11H2,1-5H3/t17-,20+,21-,22?/m0/s1. The third kappa shape index (κ3) is 4.86. The van der Waals surface area contributed by atoms with Gasteiger partial charge in [-0.3, -0.25) is 14.4 Å². The van der Waals surface area contributed by atoms with Crippen LogP contribution in [0.2, 0.25) is 0 Å². The van der Waals surface area contributed by atoms with Crippen LogP contribution in [0, 0.1) is 17.8 Å². The molecule has 3 rings (SSSR count). The maximum Gasteiger partial charge on any atom is 0.309 e. The van der Waals surface area contributed by atoms with Crippen molar-refractivity contribution in [3.8, 4) is 0 Å². The summed E-state index contributed by atoms with van der Waals surface area (Å²) in [4.78, 5) is 35.9. The van der Waals surface area contributed by atoms with Crippen molar-refractivity contribution in [1.82, 2.24) is 0 Å². The van der Waals surface area contributed by atoms with Crippen molar-refractivity contribution >= 4 is 17.9 Å². The fourth-order valence-corrected chi connectivity index (χ4v) is 3.82. The van der Waals surface area contributed by atoms with E-state index in [-0.39, 0.29) is 36.8 Å². The van der Waals surface area contributed by atoms with E-state index < -0.39 is 29.9 Å². The fraction of sp³-hybridized carbons (Fsp3) is 0.682. The highest BCUT2D eigenvalue weighted by Gasteiger charge is 2.67. The van der Waals surface area contributed by atoms with Crippen LogP contribution in [0.5, 0.6) is 0 Å². The summed E-state index contributed by atoms with van der Waals surface area (Å²) in [7, 11) is 0. The van der Waals surface area contributed by atoms with Gasteiger partial charge in [-0.2, -0.15) is 0 Å². The SMILES string of the molecule is CC(=O)OCC1=CO[C@@H](OC(=O)CC(C)C)[C@H]2C1=C[C@H](OC(=O)CC(C)C)C21CO1. The lowest BCUT2D eigenvalue weighted by Gasteiger charge is -2.33. The predicted octanol–water partition coefficient (Wildman–Crippen LogP) is 2.66. The molecule has 0 bridgehead atoms. The normalized spacial score (nSPS) is 29.1. The molecule has 2 aliphatic heterocycles. The summed E-state index contributed by atoms with van der Waals surface area (Å²) >= 11 is 0. The lowest BCUT2D eigenvalue weighted by atomic mass is 9.85. The summed E-state index contributed by atoms with van der Waals surface area (Å²) < 4.78 is 28.0. The summed E-state index contributed by atoms with van der Waals surface area (Å²) in [5.74, 6) is -1.28. The second kappa shape index (κ2) is 8.79. The highest BCUT2D eigenvalue weighted by atomic mass is 16.7. The van der Waals surface area contributed by atoms with Gasteiger partial charge >= 0.3 is 17.9 Å². The molecule has 0 aromatic carbocycles. The molecule has 2 heterocycles. The van der Waals surface area contributed by atoms with Crippen molar-refractivity contribution in [3.63, 3.8) is 0 Å². The molecular weight excluding hydrogens is 392 g/mol. The van der Waals surface area contributed by atoms with Gasteiger partial charge in [0.15, 0.2) is 6.10 Å². The van der Waals surface area contributed by atoms with Gasteiger partial charge in [0, 0.05) is 25.3 Å². The largest absolute Gasteiger partial charge is 0.461 e. The van der Waals surface area contributed by atoms with Crippen LogP contribution in [-0.2, 0) is 38.1 Å². The van der Waals surface area contributed by atoms with Gasteiger partial charge in [0.05, 0.1) is 18.8 Å². The van der Waals surface area contributed by atoms with Crippen LogP contribution in [0.3, 0.4) is 0 Å². The molecule has 1 aliphatic carbocycles. The first-order chi connectivity index (χ1) is 14.1. The Balaban J connectivity index is 1.83. The molecule has 8 nitrogen and oxygen atoms in total. The summed E-state index contributed by atoms with van der Waals surface area (Å²) in [6, 6.07) is 0. The number of rotatable bonds is 8. The van der Waals surface area contributed by atoms with Gasteiger partial charge in [-0.1, -0.05) is 27.7 Å². The summed E-state index contributed by atoms with van der Waals surface area (Å²) in [5, 5.41) is 0. The van der Waals surface area contributed by atoms with Crippen LogP contribution in [-0.4, -0.2) is 49.1 Å². The summed E-state index contributed by atoms with van der Waals surface area (Å²) in [5.41, 5.74) is 0.550. The second-order valence-electron chi connectivity index (χ2n) is 8.87. The van der Waals surface area contributed by atoms with Crippen molar-refractivity contribution < 1.29 is 38.1 Å². The smallest absolute Gasteiger partial charge is 0.309 e. The average molecular weight is 422 g/mol. The Morgan fingerprint density at radius 3 is 2.23 bits per heavy atom. The average Bonchev–Trinajstić information content (AvgIpc) is 3.33. The molecule has 0 radical (unpaired) electrons. The molecular formula is C22H30O8. The van der Waals surface area contributed by atoms with Gasteiger partial charge in [-0.05, 0) is 23.5 Å². The van der Waals surface area contributed by atoms with E-state index in [1.165, 1.54) is 13.2 Å². The Morgan fingerprint density at radius 2 is 1.70 bits per heavy atom. The second-order valence-corrected chi connectivity index (χ2v) is 8.87. The molecule has 166 valence electrons. The zero-order valence-electron chi connectivity index (χ0n) is 18.1. The van der Waals surface area contributed by atoms with E-state index in [0.29, 0.717) is 18.6 Å². The number of carbonyl (C=O) groups excluding carboxylic acids is 3. The third-order valence-corrected chi connectivity index (χ3v) is 5.23. The minimum atomic E-state index is -0.903. The molecule has 0 amide bonds. The van der Waals surface area contributed by atoms with Gasteiger partial charge in [-0.15, -0.1) is 0 Å². The Kier molecular flexibility index (Phi) is 6.55. The molecule has 4 atom stereocenters. The first kappa shape index (κ1) is 22.3. The Labute approximate surface area is 176 Å². The fourth-order valence-electron chi connectivity index (χ4n) is 3.82. The summed E-state index contributed by atoms with van der Waals surface area (Å²) in [6.45, 7) is 9.41. The number of epoxide rings is 1. The molecule has 1 unspecified atom stereocenters. The van der Waals surface area contributed by atoms with Gasteiger partial charge in [0.1, 0.15) is 12.2 Å². The molecule has 0 N–H and O–H groups in total. The molecule has 1 saturated heterocycles. The number of fused-ring (bicyclic) bond motifs is 2. The van der Waals surface area contributed by atoms with Crippen molar-refractivity contribution in [3.05, 3.63) is 23.5 Å². The van der Waals surface area contributed by atoms with Gasteiger partial charge < -0.3 is 23.7 Å². The number of hydrogen-bond donors (Lipinski definition) is 0. The third-order valence-electron chi connectivity index (χ3n) is 5.23. The van der Waals surface area contributed by atoms with Crippen LogP contribution >= 0.6 is 0 Å². The summed E-state index contributed by atoms with van der Waals surface area (Å²) in [6.07, 6.45) is 2.26. The van der Waals surface area contributed by atoms with Gasteiger partial charge in [0.25, 0.3) is 6.29 Å². The van der Waals surface area contributed by atoms with E-state index in [2.05, 4.69) is 0 Å². The van der Waals surface area contributed by atoms with Crippen molar-refractivity contribution in [2.45, 2.75) is 65.5 Å². The molecule has 3 aliphatic rings. The van der Waals surface area contributed by atoms with Crippen LogP contribution in [0.4, 0.5) is 0 Å². The molecule has 0 aromatic heterocycles. The Bertz CT molecular complexity index is 759. The van der Waals surface area contributed by atoms with E-state index in [1.807, 2.05) is 27.7 Å². The zero-order chi connectivity index (χ0) is 22.1. The molecule has 0 saturated carbocycles. The molecule has 0 aromatic rings. The number of esters is 3. The molecule has 30 heavy (non-hydrogen) atoms. The minimum absolute atomic E-state index is 0.00701. The quantitative estimate of drug-likeness (QED) is 0.334. The Hall–Kier alpha value is -2.35. The van der Waals surface area contributed by atoms with Crippen LogP contribution in [0.15, 0.2) is 23.5 Å². The van der Waals surface area contributed by atoms with Crippen molar-refractivity contribution in [2.24, 2.45) is 17.8 Å². The van der Waals surface area contributed by atoms with Gasteiger partial charge in [-0.25, -0.2) is 0 Å². The van der Waals surface area contributed by atoms with E-state index in [4.69, 9.17) is 23.7 Å². The maximum atomic E-state index is 12.3. The topological polar surface area (TPSA) is 101 Å². The lowest BCUT2D eigenvalue weighted by Crippen LogP contribution is -2.44. The van der Waals surface area contributed by atoms with Crippen molar-refractivity contribution in [1.29, 1.82) is 0 Å². The highest BCUT2D eigenvalue weighted by Crippen LogP contribution is 2.54. The monoisotopic (exact) mass is 422 g/mol. The minimum Gasteiger partial charge on any atom is -0.461 e. The first-order valence-corrected chi connectivity index (χ1v) is 10.3. The molecule has 1 fully saturated rings. The number of carbonyl (C=O) groups is 3. The molecule has 8 heteroatoms. The zero-order valence-corrected chi connectivity index (χ0v) is 18.1. The predicted molar refractivity (Wildman–Crippen MR) is 105 cm³/mol. The first-order valence-electron chi connectivity index (χ1n) is 10.3. The molecule has 1 spiro atoms. The maximum absolute atomic E-state index is 12.3. The number of hydrogen-bond acceptors (Lipinski definition) is 8. The van der Waals surface area contributed by atoms with Crippen molar-refractivity contribution in [2.75, 3.05) is 13.2 Å². The van der Waals surface area contributed by atoms with Crippen LogP contribution in [0.25, 0.3) is 0 Å². The van der Waals surface area contributed by atoms with E-state index in [1.54, 1.807) is 6.08 Å². The highest BCUT2D eigenvalue weighted by molar-refractivity contribution is 5.71. The van der Waals surface area contributed by atoms with Crippen LogP contribution < -0.4 is 0 Å². The van der Waals surface area contributed by atoms with Crippen LogP contribution in [0.1, 0.15) is 47.5 Å². The van der Waals surface area contributed by atoms with Gasteiger partial charge in [0.2, 0.25) is 0 Å². The van der Waals surface area contributed by atoms with E-state index >= 15 is 0 Å².